The lowest BCUT2D eigenvalue weighted by atomic mass is 10.0. The van der Waals surface area contributed by atoms with Gasteiger partial charge in [-0.2, -0.15) is 5.10 Å². The summed E-state index contributed by atoms with van der Waals surface area (Å²) in [7, 11) is 1.93. The highest BCUT2D eigenvalue weighted by atomic mass is 35.5. The Balaban J connectivity index is 1.35. The summed E-state index contributed by atoms with van der Waals surface area (Å²) in [6.45, 7) is 1.91. The molecule has 0 spiro atoms. The molecule has 0 N–H and O–H groups in total. The highest BCUT2D eigenvalue weighted by Gasteiger charge is 2.27. The zero-order valence-corrected chi connectivity index (χ0v) is 18.4. The van der Waals surface area contributed by atoms with Crippen molar-refractivity contribution in [1.82, 2.24) is 24.3 Å². The van der Waals surface area contributed by atoms with E-state index in [2.05, 4.69) is 14.5 Å². The Kier molecular flexibility index (Phi) is 4.86. The SMILES string of the molecule is Cn1cc2c(n1)-c1cc(Cl)ccc1-n1cnc(-c3nc(COC4CCOCC4)co3)c1C2. The van der Waals surface area contributed by atoms with Crippen LogP contribution >= 0.6 is 11.6 Å². The van der Waals surface area contributed by atoms with Crippen LogP contribution in [-0.2, 0) is 29.5 Å². The first-order valence-electron chi connectivity index (χ1n) is 10.7. The van der Waals surface area contributed by atoms with Crippen molar-refractivity contribution in [2.24, 2.45) is 7.05 Å². The summed E-state index contributed by atoms with van der Waals surface area (Å²) < 4.78 is 21.1. The molecule has 32 heavy (non-hydrogen) atoms. The average Bonchev–Trinajstić information content (AvgIpc) is 3.50. The smallest absolute Gasteiger partial charge is 0.247 e. The van der Waals surface area contributed by atoms with Crippen LogP contribution in [-0.4, -0.2) is 43.6 Å². The molecule has 1 saturated heterocycles. The number of rotatable bonds is 4. The molecule has 0 unspecified atom stereocenters. The molecule has 5 heterocycles. The van der Waals surface area contributed by atoms with Crippen LogP contribution in [0.15, 0.2) is 41.4 Å². The number of benzene rings is 1. The fourth-order valence-corrected chi connectivity index (χ4v) is 4.61. The molecule has 1 fully saturated rings. The zero-order chi connectivity index (χ0) is 21.7. The molecule has 0 radical (unpaired) electrons. The molecule has 0 saturated carbocycles. The van der Waals surface area contributed by atoms with Gasteiger partial charge in [0.1, 0.15) is 24.0 Å². The predicted molar refractivity (Wildman–Crippen MR) is 118 cm³/mol. The van der Waals surface area contributed by atoms with Gasteiger partial charge in [-0.15, -0.1) is 0 Å². The fourth-order valence-electron chi connectivity index (χ4n) is 4.44. The highest BCUT2D eigenvalue weighted by Crippen LogP contribution is 2.38. The van der Waals surface area contributed by atoms with Crippen LogP contribution in [0.25, 0.3) is 28.5 Å². The Hall–Kier alpha value is -2.94. The summed E-state index contributed by atoms with van der Waals surface area (Å²) in [5.74, 6) is 0.493. The van der Waals surface area contributed by atoms with E-state index < -0.39 is 0 Å². The third-order valence-corrected chi connectivity index (χ3v) is 6.23. The second-order valence-electron chi connectivity index (χ2n) is 8.19. The van der Waals surface area contributed by atoms with Crippen LogP contribution < -0.4 is 0 Å². The Labute approximate surface area is 189 Å². The summed E-state index contributed by atoms with van der Waals surface area (Å²) in [5, 5.41) is 5.36. The van der Waals surface area contributed by atoms with Crippen LogP contribution in [0, 0.1) is 0 Å². The standard InChI is InChI=1S/C23H22ClN5O3/c1-28-10-14-8-20-22(23-26-16(12-32-23)11-31-17-4-6-30-7-5-17)25-13-29(20)19-3-2-15(24)9-18(19)21(14)27-28/h2-3,9-10,12-13,17H,4-8,11H2,1H3. The van der Waals surface area contributed by atoms with Crippen molar-refractivity contribution < 1.29 is 13.9 Å². The number of imidazole rings is 1. The molecule has 0 amide bonds. The maximum Gasteiger partial charge on any atom is 0.247 e. The molecule has 0 bridgehead atoms. The van der Waals surface area contributed by atoms with Gasteiger partial charge in [0.05, 0.1) is 29.8 Å². The van der Waals surface area contributed by atoms with E-state index >= 15 is 0 Å². The van der Waals surface area contributed by atoms with Crippen LogP contribution in [0.5, 0.6) is 0 Å². The van der Waals surface area contributed by atoms with Gasteiger partial charge in [-0.3, -0.25) is 4.68 Å². The van der Waals surface area contributed by atoms with Gasteiger partial charge in [-0.25, -0.2) is 9.97 Å². The monoisotopic (exact) mass is 451 g/mol. The summed E-state index contributed by atoms with van der Waals surface area (Å²) in [4.78, 5) is 9.33. The molecule has 9 heteroatoms. The lowest BCUT2D eigenvalue weighted by Crippen LogP contribution is -2.23. The molecule has 8 nitrogen and oxygen atoms in total. The Morgan fingerprint density at radius 1 is 1.22 bits per heavy atom. The first-order chi connectivity index (χ1) is 15.7. The second kappa shape index (κ2) is 7.88. The second-order valence-corrected chi connectivity index (χ2v) is 8.63. The van der Waals surface area contributed by atoms with Gasteiger partial charge < -0.3 is 18.5 Å². The van der Waals surface area contributed by atoms with Crippen molar-refractivity contribution in [2.45, 2.75) is 32.0 Å². The van der Waals surface area contributed by atoms with Gasteiger partial charge in [0, 0.05) is 49.0 Å². The zero-order valence-electron chi connectivity index (χ0n) is 17.6. The van der Waals surface area contributed by atoms with E-state index in [-0.39, 0.29) is 6.10 Å². The van der Waals surface area contributed by atoms with Crippen LogP contribution in [0.3, 0.4) is 0 Å². The van der Waals surface area contributed by atoms with Crippen molar-refractivity contribution in [3.8, 4) is 28.5 Å². The molecule has 4 aromatic rings. The lowest BCUT2D eigenvalue weighted by Gasteiger charge is -2.21. The maximum atomic E-state index is 6.32. The van der Waals surface area contributed by atoms with Crippen molar-refractivity contribution in [2.75, 3.05) is 13.2 Å². The molecular weight excluding hydrogens is 430 g/mol. The van der Waals surface area contributed by atoms with Gasteiger partial charge >= 0.3 is 0 Å². The molecule has 1 aromatic carbocycles. The molecule has 0 atom stereocenters. The van der Waals surface area contributed by atoms with Gasteiger partial charge in [0.2, 0.25) is 5.89 Å². The van der Waals surface area contributed by atoms with Crippen molar-refractivity contribution in [3.05, 3.63) is 59.0 Å². The van der Waals surface area contributed by atoms with Gasteiger partial charge in [0.25, 0.3) is 0 Å². The summed E-state index contributed by atoms with van der Waals surface area (Å²) in [6.07, 6.45) is 8.19. The first kappa shape index (κ1) is 19.7. The molecule has 6 rings (SSSR count). The van der Waals surface area contributed by atoms with E-state index in [1.54, 1.807) is 6.26 Å². The number of hydrogen-bond acceptors (Lipinski definition) is 6. The maximum absolute atomic E-state index is 6.32. The predicted octanol–water partition coefficient (Wildman–Crippen LogP) is 4.18. The minimum absolute atomic E-state index is 0.208. The van der Waals surface area contributed by atoms with E-state index in [4.69, 9.17) is 30.6 Å². The van der Waals surface area contributed by atoms with Gasteiger partial charge in [-0.1, -0.05) is 11.6 Å². The molecule has 2 aliphatic heterocycles. The third-order valence-electron chi connectivity index (χ3n) is 5.99. The molecular formula is C23H22ClN5O3. The molecule has 0 aliphatic carbocycles. The van der Waals surface area contributed by atoms with Gasteiger partial charge in [0.15, 0.2) is 0 Å². The Bertz CT molecular complexity index is 1280. The van der Waals surface area contributed by atoms with Crippen molar-refractivity contribution in [3.63, 3.8) is 0 Å². The summed E-state index contributed by atoms with van der Waals surface area (Å²) in [5.41, 5.74) is 6.47. The van der Waals surface area contributed by atoms with Crippen molar-refractivity contribution in [1.29, 1.82) is 0 Å². The number of aromatic nitrogens is 5. The highest BCUT2D eigenvalue weighted by molar-refractivity contribution is 6.31. The third kappa shape index (κ3) is 3.44. The largest absolute Gasteiger partial charge is 0.443 e. The number of aryl methyl sites for hydroxylation is 1. The number of hydrogen-bond donors (Lipinski definition) is 0. The van der Waals surface area contributed by atoms with Crippen LogP contribution in [0.1, 0.15) is 29.8 Å². The number of nitrogens with zero attached hydrogens (tertiary/aromatic N) is 5. The number of halogens is 1. The normalized spacial score (nSPS) is 15.8. The number of ether oxygens (including phenoxy) is 2. The fraction of sp³-hybridized carbons (Fsp3) is 0.348. The Morgan fingerprint density at radius 2 is 2.09 bits per heavy atom. The van der Waals surface area contributed by atoms with E-state index in [0.717, 1.165) is 65.6 Å². The minimum Gasteiger partial charge on any atom is -0.443 e. The lowest BCUT2D eigenvalue weighted by molar-refractivity contribution is -0.0399. The summed E-state index contributed by atoms with van der Waals surface area (Å²) in [6, 6.07) is 5.84. The van der Waals surface area contributed by atoms with E-state index in [1.807, 2.05) is 42.5 Å². The van der Waals surface area contributed by atoms with E-state index in [1.165, 1.54) is 0 Å². The van der Waals surface area contributed by atoms with Crippen LogP contribution in [0.2, 0.25) is 5.02 Å². The van der Waals surface area contributed by atoms with Crippen LogP contribution in [0.4, 0.5) is 0 Å². The van der Waals surface area contributed by atoms with Crippen molar-refractivity contribution >= 4 is 11.6 Å². The number of fused-ring (bicyclic) bond motifs is 5. The topological polar surface area (TPSA) is 80.1 Å². The summed E-state index contributed by atoms with van der Waals surface area (Å²) >= 11 is 6.32. The molecule has 164 valence electrons. The molecule has 3 aromatic heterocycles. The van der Waals surface area contributed by atoms with E-state index in [9.17, 15) is 0 Å². The minimum atomic E-state index is 0.208. The number of oxazole rings is 1. The molecule has 2 aliphatic rings. The first-order valence-corrected chi connectivity index (χ1v) is 11.1. The Morgan fingerprint density at radius 3 is 2.97 bits per heavy atom. The average molecular weight is 452 g/mol. The van der Waals surface area contributed by atoms with Gasteiger partial charge in [-0.05, 0) is 31.0 Å². The quantitative estimate of drug-likeness (QED) is 0.408. The van der Waals surface area contributed by atoms with E-state index in [0.29, 0.717) is 23.9 Å².